The lowest BCUT2D eigenvalue weighted by atomic mass is 9.88. The molecule has 33 heavy (non-hydrogen) atoms. The second kappa shape index (κ2) is 7.69. The van der Waals surface area contributed by atoms with Crippen LogP contribution in [0, 0.1) is 17.9 Å². The lowest BCUT2D eigenvalue weighted by Gasteiger charge is -2.49. The van der Waals surface area contributed by atoms with Crippen molar-refractivity contribution in [2.24, 2.45) is 0 Å². The standard InChI is InChI=1S/C23H21N7O2S/c1-3-33(31,32)29-13-23(14-29,7-8-24)30-12-19(17-5-4-16(11-25-2)10-20(17)30)21-18-6-9-26-22(18)28-15-27-21/h4-6,9-10,12,15H,3,7,11,13-14H2,1H3,(H,26,27,28). The maximum Gasteiger partial charge on any atom is 0.239 e. The Morgan fingerprint density at radius 1 is 1.27 bits per heavy atom. The van der Waals surface area contributed by atoms with Crippen LogP contribution in [0.2, 0.25) is 0 Å². The van der Waals surface area contributed by atoms with Gasteiger partial charge in [-0.25, -0.2) is 25.0 Å². The second-order valence-corrected chi connectivity index (χ2v) is 10.5. The smallest absolute Gasteiger partial charge is 0.239 e. The van der Waals surface area contributed by atoms with Gasteiger partial charge in [0.05, 0.1) is 29.5 Å². The highest BCUT2D eigenvalue weighted by molar-refractivity contribution is 7.89. The maximum absolute atomic E-state index is 12.4. The summed E-state index contributed by atoms with van der Waals surface area (Å²) in [5, 5.41) is 11.4. The number of sulfonamides is 1. The molecule has 0 unspecified atom stereocenters. The van der Waals surface area contributed by atoms with Crippen LogP contribution in [-0.2, 0) is 22.1 Å². The van der Waals surface area contributed by atoms with E-state index in [1.807, 2.05) is 41.2 Å². The average Bonchev–Trinajstić information content (AvgIpc) is 3.41. The van der Waals surface area contributed by atoms with E-state index in [2.05, 4.69) is 25.9 Å². The maximum atomic E-state index is 12.4. The average molecular weight is 460 g/mol. The Bertz CT molecular complexity index is 1560. The van der Waals surface area contributed by atoms with E-state index >= 15 is 0 Å². The SMILES string of the molecule is [C-]#[N+]Cc1ccc2c(-c3ncnc4[nH]ccc34)cn(C3(CC#N)CN(S(=O)(=O)CC)C3)c2c1. The van der Waals surface area contributed by atoms with Gasteiger partial charge < -0.3 is 14.4 Å². The van der Waals surface area contributed by atoms with E-state index < -0.39 is 15.6 Å². The summed E-state index contributed by atoms with van der Waals surface area (Å²) in [5.74, 6) is 0.0227. The highest BCUT2D eigenvalue weighted by Crippen LogP contribution is 2.42. The van der Waals surface area contributed by atoms with Gasteiger partial charge in [0.1, 0.15) is 12.0 Å². The molecule has 0 saturated carbocycles. The van der Waals surface area contributed by atoms with Gasteiger partial charge in [0.2, 0.25) is 16.6 Å². The van der Waals surface area contributed by atoms with Crippen molar-refractivity contribution in [2.45, 2.75) is 25.4 Å². The van der Waals surface area contributed by atoms with Crippen LogP contribution in [0.4, 0.5) is 0 Å². The highest BCUT2D eigenvalue weighted by atomic mass is 32.2. The van der Waals surface area contributed by atoms with Crippen molar-refractivity contribution in [1.29, 1.82) is 5.26 Å². The van der Waals surface area contributed by atoms with Gasteiger partial charge in [-0.3, -0.25) is 0 Å². The minimum absolute atomic E-state index is 0.0227. The molecule has 4 heterocycles. The molecule has 4 aromatic rings. The van der Waals surface area contributed by atoms with Crippen molar-refractivity contribution in [3.05, 3.63) is 60.0 Å². The van der Waals surface area contributed by atoms with Gasteiger partial charge in [0, 0.05) is 52.9 Å². The zero-order valence-corrected chi connectivity index (χ0v) is 18.8. The summed E-state index contributed by atoms with van der Waals surface area (Å²) in [4.78, 5) is 15.4. The van der Waals surface area contributed by atoms with Gasteiger partial charge in [0.15, 0.2) is 0 Å². The molecule has 0 amide bonds. The zero-order chi connectivity index (χ0) is 23.2. The molecule has 9 nitrogen and oxygen atoms in total. The molecule has 1 N–H and O–H groups in total. The van der Waals surface area contributed by atoms with Crippen LogP contribution in [0.15, 0.2) is 43.0 Å². The number of benzene rings is 1. The molecule has 1 aliphatic rings. The minimum atomic E-state index is -3.35. The largest absolute Gasteiger partial charge is 0.346 e. The van der Waals surface area contributed by atoms with Crippen LogP contribution in [0.25, 0.3) is 38.0 Å². The number of aromatic nitrogens is 4. The molecule has 0 spiro atoms. The van der Waals surface area contributed by atoms with Crippen LogP contribution in [-0.4, -0.2) is 51.1 Å². The van der Waals surface area contributed by atoms with Gasteiger partial charge in [-0.2, -0.15) is 9.57 Å². The van der Waals surface area contributed by atoms with Crippen LogP contribution in [0.1, 0.15) is 18.9 Å². The van der Waals surface area contributed by atoms with Crippen molar-refractivity contribution in [3.8, 4) is 17.3 Å². The molecule has 0 radical (unpaired) electrons. The zero-order valence-electron chi connectivity index (χ0n) is 18.0. The Balaban J connectivity index is 1.73. The lowest BCUT2D eigenvalue weighted by molar-refractivity contribution is 0.0893. The quantitative estimate of drug-likeness (QED) is 0.445. The molecule has 166 valence electrons. The first-order valence-corrected chi connectivity index (χ1v) is 12.1. The predicted octanol–water partition coefficient (Wildman–Crippen LogP) is 3.27. The Morgan fingerprint density at radius 2 is 2.09 bits per heavy atom. The normalized spacial score (nSPS) is 15.8. The topological polar surface area (TPSA) is 112 Å². The molecule has 1 aromatic carbocycles. The first-order chi connectivity index (χ1) is 15.9. The van der Waals surface area contributed by atoms with Crippen LogP contribution in [0.3, 0.4) is 0 Å². The van der Waals surface area contributed by atoms with E-state index in [0.29, 0.717) is 0 Å². The number of rotatable bonds is 6. The summed E-state index contributed by atoms with van der Waals surface area (Å²) in [7, 11) is -3.35. The summed E-state index contributed by atoms with van der Waals surface area (Å²) < 4.78 is 28.3. The summed E-state index contributed by atoms with van der Waals surface area (Å²) in [6.45, 7) is 9.58. The number of nitrogens with zero attached hydrogens (tertiary/aromatic N) is 6. The Kier molecular flexibility index (Phi) is 4.93. The van der Waals surface area contributed by atoms with E-state index in [0.717, 1.165) is 38.8 Å². The van der Waals surface area contributed by atoms with E-state index in [9.17, 15) is 13.7 Å². The molecule has 1 fully saturated rings. The Labute approximate surface area is 191 Å². The molecular weight excluding hydrogens is 438 g/mol. The molecule has 1 saturated heterocycles. The third-order valence-corrected chi connectivity index (χ3v) is 8.13. The monoisotopic (exact) mass is 459 g/mol. The number of fused-ring (bicyclic) bond motifs is 2. The van der Waals surface area contributed by atoms with E-state index in [1.54, 1.807) is 6.92 Å². The molecular formula is C23H21N7O2S. The van der Waals surface area contributed by atoms with Crippen molar-refractivity contribution in [1.82, 2.24) is 23.8 Å². The van der Waals surface area contributed by atoms with Gasteiger partial charge in [-0.05, 0) is 19.1 Å². The Hall–Kier alpha value is -3.73. The second-order valence-electron chi connectivity index (χ2n) is 8.27. The molecule has 5 rings (SSSR count). The first-order valence-electron chi connectivity index (χ1n) is 10.5. The van der Waals surface area contributed by atoms with E-state index in [4.69, 9.17) is 6.57 Å². The summed E-state index contributed by atoms with van der Waals surface area (Å²) in [6, 6.07) is 10.0. The van der Waals surface area contributed by atoms with Crippen molar-refractivity contribution in [3.63, 3.8) is 0 Å². The number of hydrogen-bond donors (Lipinski definition) is 1. The number of nitriles is 1. The van der Waals surface area contributed by atoms with Crippen molar-refractivity contribution in [2.75, 3.05) is 18.8 Å². The van der Waals surface area contributed by atoms with Gasteiger partial charge in [0.25, 0.3) is 0 Å². The molecule has 3 aromatic heterocycles. The molecule has 1 aliphatic heterocycles. The van der Waals surface area contributed by atoms with Gasteiger partial charge in [-0.15, -0.1) is 0 Å². The Morgan fingerprint density at radius 3 is 2.82 bits per heavy atom. The fourth-order valence-corrected chi connectivity index (χ4v) is 5.86. The van der Waals surface area contributed by atoms with Crippen molar-refractivity contribution >= 4 is 32.0 Å². The van der Waals surface area contributed by atoms with Crippen LogP contribution >= 0.6 is 0 Å². The van der Waals surface area contributed by atoms with Crippen LogP contribution < -0.4 is 0 Å². The van der Waals surface area contributed by atoms with E-state index in [-0.39, 0.29) is 31.8 Å². The third kappa shape index (κ3) is 3.27. The summed E-state index contributed by atoms with van der Waals surface area (Å²) in [6.07, 6.45) is 5.46. The minimum Gasteiger partial charge on any atom is -0.346 e. The van der Waals surface area contributed by atoms with Gasteiger partial charge in [-0.1, -0.05) is 12.1 Å². The fraction of sp³-hybridized carbons (Fsp3) is 0.304. The predicted molar refractivity (Wildman–Crippen MR) is 124 cm³/mol. The van der Waals surface area contributed by atoms with E-state index in [1.165, 1.54) is 10.6 Å². The summed E-state index contributed by atoms with van der Waals surface area (Å²) in [5.41, 5.74) is 3.39. The first kappa shape index (κ1) is 21.1. The molecule has 0 bridgehead atoms. The number of aromatic amines is 1. The highest BCUT2D eigenvalue weighted by Gasteiger charge is 2.49. The summed E-state index contributed by atoms with van der Waals surface area (Å²) >= 11 is 0. The van der Waals surface area contributed by atoms with Gasteiger partial charge >= 0.3 is 0 Å². The third-order valence-electron chi connectivity index (χ3n) is 6.36. The van der Waals surface area contributed by atoms with Crippen molar-refractivity contribution < 1.29 is 8.42 Å². The number of H-pyrrole nitrogens is 1. The molecule has 0 aliphatic carbocycles. The van der Waals surface area contributed by atoms with Crippen LogP contribution in [0.5, 0.6) is 0 Å². The number of hydrogen-bond acceptors (Lipinski definition) is 5. The molecule has 0 atom stereocenters. The molecule has 10 heteroatoms. The number of nitrogens with one attached hydrogen (secondary N) is 1. The fourth-order valence-electron chi connectivity index (χ4n) is 4.62. The lowest BCUT2D eigenvalue weighted by Crippen LogP contribution is -2.64.